The molecule has 0 aliphatic carbocycles. The first-order valence-corrected chi connectivity index (χ1v) is 5.68. The minimum absolute atomic E-state index is 0.395. The fourth-order valence-corrected chi connectivity index (χ4v) is 2.24. The molecule has 0 unspecified atom stereocenters. The fraction of sp³-hybridized carbons (Fsp3) is 0.100. The zero-order chi connectivity index (χ0) is 11.0. The first kappa shape index (κ1) is 9.44. The Kier molecular flexibility index (Phi) is 2.16. The largest absolute Gasteiger partial charge is 0.325 e. The Morgan fingerprint density at radius 2 is 2.25 bits per heavy atom. The Morgan fingerprint density at radius 1 is 1.31 bits per heavy atom. The number of thiazole rings is 1. The van der Waals surface area contributed by atoms with Crippen molar-refractivity contribution < 1.29 is 0 Å². The van der Waals surface area contributed by atoms with Gasteiger partial charge in [-0.15, -0.1) is 11.3 Å². The van der Waals surface area contributed by atoms with E-state index in [1.54, 1.807) is 29.9 Å². The van der Waals surface area contributed by atoms with E-state index in [2.05, 4.69) is 15.0 Å². The second-order valence-electron chi connectivity index (χ2n) is 3.30. The van der Waals surface area contributed by atoms with Gasteiger partial charge in [0.2, 0.25) is 0 Å². The van der Waals surface area contributed by atoms with E-state index in [1.807, 2.05) is 16.0 Å². The Bertz CT molecular complexity index is 627. The van der Waals surface area contributed by atoms with Gasteiger partial charge in [-0.1, -0.05) is 0 Å². The van der Waals surface area contributed by atoms with Crippen LogP contribution in [0.15, 0.2) is 30.2 Å². The van der Waals surface area contributed by atoms with Gasteiger partial charge in [-0.25, -0.2) is 9.97 Å². The monoisotopic (exact) mass is 231 g/mol. The minimum atomic E-state index is 0.395. The third-order valence-corrected chi connectivity index (χ3v) is 3.07. The minimum Gasteiger partial charge on any atom is -0.325 e. The van der Waals surface area contributed by atoms with Crippen LogP contribution in [0.2, 0.25) is 0 Å². The van der Waals surface area contributed by atoms with E-state index >= 15 is 0 Å². The molecule has 0 fully saturated rings. The predicted octanol–water partition coefficient (Wildman–Crippen LogP) is 1.31. The molecular weight excluding hydrogens is 222 g/mol. The van der Waals surface area contributed by atoms with Crippen molar-refractivity contribution in [1.82, 2.24) is 19.4 Å². The van der Waals surface area contributed by atoms with Crippen molar-refractivity contribution in [2.75, 3.05) is 0 Å². The molecule has 0 amide bonds. The van der Waals surface area contributed by atoms with Gasteiger partial charge in [0.25, 0.3) is 0 Å². The Morgan fingerprint density at radius 3 is 3.12 bits per heavy atom. The Labute approximate surface area is 95.6 Å². The number of fused-ring (bicyclic) bond motifs is 1. The lowest BCUT2D eigenvalue weighted by atomic mass is 10.3. The first-order chi connectivity index (χ1) is 7.88. The molecule has 16 heavy (non-hydrogen) atoms. The summed E-state index contributed by atoms with van der Waals surface area (Å²) in [6.45, 7) is 0.395. The van der Waals surface area contributed by atoms with Crippen LogP contribution in [0.1, 0.15) is 5.69 Å². The van der Waals surface area contributed by atoms with Crippen LogP contribution in [0.5, 0.6) is 0 Å². The molecule has 3 aromatic heterocycles. The molecule has 0 atom stereocenters. The molecule has 0 saturated carbocycles. The second-order valence-corrected chi connectivity index (χ2v) is 4.17. The van der Waals surface area contributed by atoms with Crippen molar-refractivity contribution in [3.63, 3.8) is 0 Å². The van der Waals surface area contributed by atoms with Crippen LogP contribution in [-0.4, -0.2) is 19.4 Å². The zero-order valence-electron chi connectivity index (χ0n) is 8.37. The van der Waals surface area contributed by atoms with Crippen molar-refractivity contribution in [1.29, 1.82) is 0 Å². The van der Waals surface area contributed by atoms with E-state index < -0.39 is 0 Å². The van der Waals surface area contributed by atoms with E-state index in [4.69, 9.17) is 5.73 Å². The molecule has 2 N–H and O–H groups in total. The van der Waals surface area contributed by atoms with Gasteiger partial charge in [0.1, 0.15) is 5.69 Å². The highest BCUT2D eigenvalue weighted by Crippen LogP contribution is 2.20. The maximum Gasteiger partial charge on any atom is 0.194 e. The Balaban J connectivity index is 2.19. The highest BCUT2D eigenvalue weighted by atomic mass is 32.1. The van der Waals surface area contributed by atoms with Gasteiger partial charge in [0.15, 0.2) is 4.96 Å². The number of imidazole rings is 1. The average molecular weight is 231 g/mol. The topological polar surface area (TPSA) is 69.1 Å². The van der Waals surface area contributed by atoms with Crippen LogP contribution in [0.4, 0.5) is 0 Å². The van der Waals surface area contributed by atoms with Crippen LogP contribution in [0, 0.1) is 0 Å². The maximum absolute atomic E-state index is 5.54. The molecule has 0 aliphatic heterocycles. The molecule has 6 heteroatoms. The van der Waals surface area contributed by atoms with Gasteiger partial charge < -0.3 is 5.73 Å². The molecule has 80 valence electrons. The van der Waals surface area contributed by atoms with Gasteiger partial charge in [-0.2, -0.15) is 0 Å². The summed E-state index contributed by atoms with van der Waals surface area (Å²) in [7, 11) is 0. The zero-order valence-corrected chi connectivity index (χ0v) is 9.18. The number of aromatic nitrogens is 4. The normalized spacial score (nSPS) is 11.1. The quantitative estimate of drug-likeness (QED) is 0.722. The third-order valence-electron chi connectivity index (χ3n) is 2.30. The summed E-state index contributed by atoms with van der Waals surface area (Å²) in [4.78, 5) is 13.8. The van der Waals surface area contributed by atoms with E-state index in [-0.39, 0.29) is 0 Å². The van der Waals surface area contributed by atoms with Gasteiger partial charge in [-0.05, 0) is 0 Å². The summed E-state index contributed by atoms with van der Waals surface area (Å²) in [5.74, 6) is 0. The van der Waals surface area contributed by atoms with Gasteiger partial charge in [-0.3, -0.25) is 9.38 Å². The van der Waals surface area contributed by atoms with Crippen molar-refractivity contribution in [2.45, 2.75) is 6.54 Å². The predicted molar refractivity (Wildman–Crippen MR) is 62.0 cm³/mol. The summed E-state index contributed by atoms with van der Waals surface area (Å²) >= 11 is 1.59. The first-order valence-electron chi connectivity index (χ1n) is 4.80. The number of hydrogen-bond donors (Lipinski definition) is 1. The summed E-state index contributed by atoms with van der Waals surface area (Å²) in [5, 5.41) is 1.99. The number of hydrogen-bond acceptors (Lipinski definition) is 5. The Hall–Kier alpha value is -1.79. The van der Waals surface area contributed by atoms with E-state index in [0.29, 0.717) is 6.54 Å². The second kappa shape index (κ2) is 3.66. The molecule has 0 aliphatic rings. The van der Waals surface area contributed by atoms with E-state index in [1.165, 1.54) is 0 Å². The summed E-state index contributed by atoms with van der Waals surface area (Å²) in [6, 6.07) is 0. The molecule has 0 bridgehead atoms. The van der Waals surface area contributed by atoms with Crippen molar-refractivity contribution in [3.05, 3.63) is 35.9 Å². The number of nitrogens with zero attached hydrogens (tertiary/aromatic N) is 4. The standard InChI is InChI=1S/C10H9N5S/c11-3-7-4-12-5-8(14-7)9-6-13-10-15(9)1-2-16-10/h1-2,4-6H,3,11H2. The molecule has 3 rings (SSSR count). The van der Waals surface area contributed by atoms with Crippen molar-refractivity contribution in [2.24, 2.45) is 5.73 Å². The lowest BCUT2D eigenvalue weighted by Gasteiger charge is -2.00. The molecular formula is C10H9N5S. The average Bonchev–Trinajstić information content (AvgIpc) is 2.90. The van der Waals surface area contributed by atoms with Crippen LogP contribution in [-0.2, 0) is 6.54 Å². The lowest BCUT2D eigenvalue weighted by Crippen LogP contribution is -2.01. The molecule has 3 aromatic rings. The van der Waals surface area contributed by atoms with E-state index in [0.717, 1.165) is 22.0 Å². The van der Waals surface area contributed by atoms with Crippen LogP contribution < -0.4 is 5.73 Å². The smallest absolute Gasteiger partial charge is 0.194 e. The molecule has 5 nitrogen and oxygen atoms in total. The fourth-order valence-electron chi connectivity index (χ4n) is 1.54. The SMILES string of the molecule is NCc1cncc(-c2cnc3sccn23)n1. The summed E-state index contributed by atoms with van der Waals surface area (Å²) in [6.07, 6.45) is 7.17. The van der Waals surface area contributed by atoms with Crippen molar-refractivity contribution >= 4 is 16.3 Å². The molecule has 0 saturated heterocycles. The molecule has 0 radical (unpaired) electrons. The maximum atomic E-state index is 5.54. The molecule has 3 heterocycles. The highest BCUT2D eigenvalue weighted by Gasteiger charge is 2.08. The van der Waals surface area contributed by atoms with Crippen LogP contribution >= 0.6 is 11.3 Å². The van der Waals surface area contributed by atoms with Gasteiger partial charge in [0.05, 0.1) is 23.8 Å². The van der Waals surface area contributed by atoms with Crippen molar-refractivity contribution in [3.8, 4) is 11.4 Å². The van der Waals surface area contributed by atoms with Crippen LogP contribution in [0.25, 0.3) is 16.3 Å². The third kappa shape index (κ3) is 1.39. The highest BCUT2D eigenvalue weighted by molar-refractivity contribution is 7.15. The summed E-state index contributed by atoms with van der Waals surface area (Å²) < 4.78 is 2.00. The number of nitrogens with two attached hydrogens (primary N) is 1. The molecule has 0 spiro atoms. The van der Waals surface area contributed by atoms with E-state index in [9.17, 15) is 0 Å². The lowest BCUT2D eigenvalue weighted by molar-refractivity contribution is 0.963. The summed E-state index contributed by atoms with van der Waals surface area (Å²) in [5.41, 5.74) is 8.07. The van der Waals surface area contributed by atoms with Gasteiger partial charge >= 0.3 is 0 Å². The van der Waals surface area contributed by atoms with Crippen LogP contribution in [0.3, 0.4) is 0 Å². The number of rotatable bonds is 2. The molecule has 0 aromatic carbocycles. The van der Waals surface area contributed by atoms with Gasteiger partial charge in [0, 0.05) is 24.3 Å².